The third kappa shape index (κ3) is 4.40. The second-order valence-corrected chi connectivity index (χ2v) is 6.24. The summed E-state index contributed by atoms with van der Waals surface area (Å²) >= 11 is 0. The maximum Gasteiger partial charge on any atom is 0.183 e. The van der Waals surface area contributed by atoms with Gasteiger partial charge in [0.15, 0.2) is 5.82 Å². The third-order valence-electron chi connectivity index (χ3n) is 4.31. The molecule has 2 aliphatic heterocycles. The Morgan fingerprint density at radius 3 is 2.67 bits per heavy atom. The Labute approximate surface area is 144 Å². The van der Waals surface area contributed by atoms with Gasteiger partial charge in [-0.1, -0.05) is 50.1 Å². The lowest BCUT2D eigenvalue weighted by Crippen LogP contribution is -2.12. The van der Waals surface area contributed by atoms with E-state index in [1.807, 2.05) is 0 Å². The average Bonchev–Trinajstić information content (AvgIpc) is 3.07. The van der Waals surface area contributed by atoms with Crippen molar-refractivity contribution in [3.05, 3.63) is 54.2 Å². The molecule has 2 heterocycles. The van der Waals surface area contributed by atoms with E-state index in [4.69, 9.17) is 0 Å². The van der Waals surface area contributed by atoms with Crippen molar-refractivity contribution < 1.29 is 0 Å². The van der Waals surface area contributed by atoms with E-state index < -0.39 is 0 Å². The molecule has 1 radical (unpaired) electrons. The predicted octanol–water partition coefficient (Wildman–Crippen LogP) is 4.33. The maximum atomic E-state index is 4.68. The summed E-state index contributed by atoms with van der Waals surface area (Å²) in [5.74, 6) is 1.81. The van der Waals surface area contributed by atoms with Gasteiger partial charge in [-0.2, -0.15) is 0 Å². The molecule has 1 aromatic carbocycles. The Morgan fingerprint density at radius 2 is 1.83 bits per heavy atom. The highest BCUT2D eigenvalue weighted by Crippen LogP contribution is 2.16. The molecule has 0 saturated carbocycles. The molecule has 0 unspecified atom stereocenters. The monoisotopic (exact) mass is 321 g/mol. The van der Waals surface area contributed by atoms with E-state index >= 15 is 0 Å². The summed E-state index contributed by atoms with van der Waals surface area (Å²) in [5, 5.41) is 0. The van der Waals surface area contributed by atoms with Gasteiger partial charge >= 0.3 is 0 Å². The Hall–Kier alpha value is -2.23. The molecule has 125 valence electrons. The molecule has 0 saturated heterocycles. The fraction of sp³-hybridized carbons (Fsp3) is 0.450. The Balaban J connectivity index is 1.54. The molecular weight excluding hydrogens is 296 g/mol. The van der Waals surface area contributed by atoms with Crippen molar-refractivity contribution in [3.8, 4) is 11.5 Å². The Morgan fingerprint density at radius 1 is 0.958 bits per heavy atom. The van der Waals surface area contributed by atoms with Crippen LogP contribution in [0, 0.1) is 6.20 Å². The summed E-state index contributed by atoms with van der Waals surface area (Å²) in [6.07, 6.45) is 13.0. The second kappa shape index (κ2) is 8.57. The van der Waals surface area contributed by atoms with Gasteiger partial charge in [-0.25, -0.2) is 15.0 Å². The van der Waals surface area contributed by atoms with Gasteiger partial charge in [0.2, 0.25) is 0 Å². The van der Waals surface area contributed by atoms with Crippen molar-refractivity contribution in [3.63, 3.8) is 0 Å². The van der Waals surface area contributed by atoms with E-state index in [0.717, 1.165) is 49.6 Å². The van der Waals surface area contributed by atoms with Crippen molar-refractivity contribution in [2.24, 2.45) is 0 Å². The number of aromatic nitrogens is 4. The quantitative estimate of drug-likeness (QED) is 0.551. The second-order valence-electron chi connectivity index (χ2n) is 6.24. The minimum atomic E-state index is 0.724. The molecule has 0 spiro atoms. The van der Waals surface area contributed by atoms with Crippen molar-refractivity contribution >= 4 is 0 Å². The lowest BCUT2D eigenvalue weighted by molar-refractivity contribution is 0.547. The molecule has 0 aliphatic carbocycles. The number of rotatable bonds is 9. The highest BCUT2D eigenvalue weighted by Gasteiger charge is 2.12. The zero-order chi connectivity index (χ0) is 16.6. The number of fused-ring (bicyclic) bond motifs is 1. The summed E-state index contributed by atoms with van der Waals surface area (Å²) in [4.78, 5) is 13.1. The fourth-order valence-electron chi connectivity index (χ4n) is 2.93. The number of nitrogens with zero attached hydrogens (tertiary/aromatic N) is 4. The first-order chi connectivity index (χ1) is 11.9. The number of aryl methyl sites for hydroxylation is 3. The van der Waals surface area contributed by atoms with E-state index in [1.54, 1.807) is 6.33 Å². The van der Waals surface area contributed by atoms with Gasteiger partial charge in [-0.15, -0.1) is 0 Å². The van der Waals surface area contributed by atoms with Crippen molar-refractivity contribution in [2.75, 3.05) is 0 Å². The molecule has 0 aromatic heterocycles. The van der Waals surface area contributed by atoms with Crippen LogP contribution in [-0.2, 0) is 19.4 Å². The van der Waals surface area contributed by atoms with Crippen LogP contribution in [0.1, 0.15) is 50.4 Å². The fourth-order valence-corrected chi connectivity index (χ4v) is 2.93. The molecule has 0 atom stereocenters. The molecule has 0 N–H and O–H groups in total. The number of benzene rings is 1. The zero-order valence-corrected chi connectivity index (χ0v) is 14.4. The van der Waals surface area contributed by atoms with Crippen LogP contribution in [0.15, 0.2) is 36.7 Å². The van der Waals surface area contributed by atoms with Crippen molar-refractivity contribution in [2.45, 2.75) is 58.4 Å². The van der Waals surface area contributed by atoms with E-state index in [9.17, 15) is 0 Å². The molecule has 4 heteroatoms. The summed E-state index contributed by atoms with van der Waals surface area (Å²) < 4.78 is 2.16. The zero-order valence-electron chi connectivity index (χ0n) is 14.4. The standard InChI is InChI=1S/C20H25N4/c1-2-3-13-19-23-20-18(21-16-22-20)15-24(19)14-9-5-8-12-17-10-6-4-7-11-17/h4,6-7,10-11,16H,2-3,5,8-9,12-14H2,1H3. The molecular formula is C20H25N4. The minimum absolute atomic E-state index is 0.724. The highest BCUT2D eigenvalue weighted by atomic mass is 15.1. The lowest BCUT2D eigenvalue weighted by atomic mass is 10.1. The summed E-state index contributed by atoms with van der Waals surface area (Å²) in [6.45, 7) is 3.17. The molecule has 0 bridgehead atoms. The molecule has 0 fully saturated rings. The predicted molar refractivity (Wildman–Crippen MR) is 95.9 cm³/mol. The lowest BCUT2D eigenvalue weighted by Gasteiger charge is -2.13. The van der Waals surface area contributed by atoms with Crippen LogP contribution in [0.3, 0.4) is 0 Å². The van der Waals surface area contributed by atoms with Gasteiger partial charge in [0, 0.05) is 13.0 Å². The maximum absolute atomic E-state index is 4.68. The Bertz CT molecular complexity index is 705. The van der Waals surface area contributed by atoms with E-state index in [2.05, 4.69) is 63.0 Å². The van der Waals surface area contributed by atoms with Gasteiger partial charge in [-0.05, 0) is 31.2 Å². The largest absolute Gasteiger partial charge is 0.326 e. The van der Waals surface area contributed by atoms with Crippen LogP contribution < -0.4 is 0 Å². The van der Waals surface area contributed by atoms with E-state index in [1.165, 1.54) is 24.8 Å². The van der Waals surface area contributed by atoms with E-state index in [0.29, 0.717) is 0 Å². The summed E-state index contributed by atoms with van der Waals surface area (Å²) in [5.41, 5.74) is 2.20. The van der Waals surface area contributed by atoms with E-state index in [-0.39, 0.29) is 0 Å². The smallest absolute Gasteiger partial charge is 0.183 e. The minimum Gasteiger partial charge on any atom is -0.326 e. The van der Waals surface area contributed by atoms with Crippen LogP contribution in [0.5, 0.6) is 0 Å². The number of hydrogen-bond donors (Lipinski definition) is 0. The normalized spacial score (nSPS) is 11.2. The number of unbranched alkanes of at least 4 members (excludes halogenated alkanes) is 3. The van der Waals surface area contributed by atoms with Gasteiger partial charge in [0.05, 0.1) is 6.20 Å². The van der Waals surface area contributed by atoms with Crippen molar-refractivity contribution in [1.29, 1.82) is 0 Å². The van der Waals surface area contributed by atoms with Gasteiger partial charge < -0.3 is 4.57 Å². The molecule has 3 rings (SSSR count). The SMILES string of the molecule is CCCCc1nc2ncnc-2[c]n1CCCCCc1ccccc1. The van der Waals surface area contributed by atoms with Crippen LogP contribution >= 0.6 is 0 Å². The molecule has 0 amide bonds. The van der Waals surface area contributed by atoms with Gasteiger partial charge in [-0.3, -0.25) is 0 Å². The molecule has 2 aliphatic rings. The molecule has 1 aromatic rings. The van der Waals surface area contributed by atoms with Gasteiger partial charge in [0.25, 0.3) is 0 Å². The first-order valence-corrected chi connectivity index (χ1v) is 9.00. The van der Waals surface area contributed by atoms with Crippen LogP contribution in [0.4, 0.5) is 0 Å². The first-order valence-electron chi connectivity index (χ1n) is 9.00. The number of hydrogen-bond acceptors (Lipinski definition) is 3. The summed E-state index contributed by atoms with van der Waals surface area (Å²) in [6, 6.07) is 10.7. The Kier molecular flexibility index (Phi) is 5.94. The van der Waals surface area contributed by atoms with Crippen LogP contribution in [0.2, 0.25) is 0 Å². The molecule has 4 nitrogen and oxygen atoms in total. The highest BCUT2D eigenvalue weighted by molar-refractivity contribution is 5.47. The van der Waals surface area contributed by atoms with Crippen molar-refractivity contribution in [1.82, 2.24) is 19.5 Å². The van der Waals surface area contributed by atoms with Crippen LogP contribution in [-0.4, -0.2) is 19.5 Å². The molecule has 24 heavy (non-hydrogen) atoms. The topological polar surface area (TPSA) is 43.6 Å². The number of imidazole rings is 1. The average molecular weight is 321 g/mol. The third-order valence-corrected chi connectivity index (χ3v) is 4.31. The first kappa shape index (κ1) is 16.6. The summed E-state index contributed by atoms with van der Waals surface area (Å²) in [7, 11) is 0. The van der Waals surface area contributed by atoms with Gasteiger partial charge in [0.1, 0.15) is 17.8 Å². The van der Waals surface area contributed by atoms with Crippen LogP contribution in [0.25, 0.3) is 11.5 Å².